The van der Waals surface area contributed by atoms with Crippen LogP contribution < -0.4 is 10.1 Å². The molecule has 2 aromatic heterocycles. The lowest BCUT2D eigenvalue weighted by Gasteiger charge is -2.07. The highest BCUT2D eigenvalue weighted by molar-refractivity contribution is 7.13. The molecule has 28 heavy (non-hydrogen) atoms. The van der Waals surface area contributed by atoms with Crippen molar-refractivity contribution >= 4 is 28.3 Å². The number of aromatic nitrogens is 3. The van der Waals surface area contributed by atoms with Crippen LogP contribution in [0.5, 0.6) is 5.75 Å². The number of methoxy groups -OCH3 is 1. The topological polar surface area (TPSA) is 69.0 Å². The number of hydrogen-bond acceptors (Lipinski definition) is 5. The van der Waals surface area contributed by atoms with Gasteiger partial charge in [0, 0.05) is 24.0 Å². The lowest BCUT2D eigenvalue weighted by atomic mass is 10.2. The van der Waals surface area contributed by atoms with Gasteiger partial charge >= 0.3 is 0 Å². The van der Waals surface area contributed by atoms with E-state index in [2.05, 4.69) is 19.9 Å². The quantitative estimate of drug-likeness (QED) is 0.540. The number of hydrogen-bond donors (Lipinski definition) is 1. The molecule has 0 radical (unpaired) electrons. The highest BCUT2D eigenvalue weighted by Crippen LogP contribution is 2.25. The first kappa shape index (κ1) is 18.2. The summed E-state index contributed by atoms with van der Waals surface area (Å²) in [6.45, 7) is 3.15. The Morgan fingerprint density at radius 2 is 1.93 bits per heavy atom. The van der Waals surface area contributed by atoms with Gasteiger partial charge in [0.25, 0.3) is 5.91 Å². The van der Waals surface area contributed by atoms with Crippen molar-refractivity contribution in [2.75, 3.05) is 13.7 Å². The molecule has 7 heteroatoms. The zero-order valence-corrected chi connectivity index (χ0v) is 16.5. The van der Waals surface area contributed by atoms with Crippen molar-refractivity contribution in [2.45, 2.75) is 13.5 Å². The van der Waals surface area contributed by atoms with Crippen LogP contribution in [0.2, 0.25) is 0 Å². The SMILES string of the molecule is COc1ccc(-c2nc(C(=O)NCCn3c(C)nc4ccccc43)cs2)cc1. The van der Waals surface area contributed by atoms with Crippen LogP contribution in [-0.4, -0.2) is 34.1 Å². The number of ether oxygens (including phenoxy) is 1. The van der Waals surface area contributed by atoms with E-state index in [-0.39, 0.29) is 5.91 Å². The number of aryl methyl sites for hydroxylation is 1. The average molecular weight is 392 g/mol. The summed E-state index contributed by atoms with van der Waals surface area (Å²) in [4.78, 5) is 21.5. The number of nitrogens with zero attached hydrogens (tertiary/aromatic N) is 3. The first-order chi connectivity index (χ1) is 13.7. The summed E-state index contributed by atoms with van der Waals surface area (Å²) in [7, 11) is 1.63. The molecular weight excluding hydrogens is 372 g/mol. The van der Waals surface area contributed by atoms with Crippen LogP contribution in [-0.2, 0) is 6.54 Å². The van der Waals surface area contributed by atoms with E-state index in [0.717, 1.165) is 33.2 Å². The van der Waals surface area contributed by atoms with Crippen molar-refractivity contribution in [3.8, 4) is 16.3 Å². The molecule has 0 bridgehead atoms. The van der Waals surface area contributed by atoms with Crippen molar-refractivity contribution in [1.29, 1.82) is 0 Å². The predicted octanol–water partition coefficient (Wildman–Crippen LogP) is 3.91. The minimum atomic E-state index is -0.168. The molecule has 142 valence electrons. The lowest BCUT2D eigenvalue weighted by molar-refractivity contribution is 0.0948. The van der Waals surface area contributed by atoms with Crippen LogP contribution in [0.4, 0.5) is 0 Å². The molecule has 4 rings (SSSR count). The van der Waals surface area contributed by atoms with Gasteiger partial charge in [-0.2, -0.15) is 0 Å². The van der Waals surface area contributed by atoms with Crippen molar-refractivity contribution in [3.05, 3.63) is 65.4 Å². The Bertz CT molecular complexity index is 1120. The molecule has 6 nitrogen and oxygen atoms in total. The third-order valence-corrected chi connectivity index (χ3v) is 5.43. The van der Waals surface area contributed by atoms with Gasteiger partial charge in [0.1, 0.15) is 22.3 Å². The number of nitrogens with one attached hydrogen (secondary N) is 1. The molecule has 0 saturated carbocycles. The Kier molecular flexibility index (Phi) is 5.08. The number of amides is 1. The molecule has 0 atom stereocenters. The lowest BCUT2D eigenvalue weighted by Crippen LogP contribution is -2.27. The van der Waals surface area contributed by atoms with Crippen LogP contribution in [0, 0.1) is 6.92 Å². The highest BCUT2D eigenvalue weighted by atomic mass is 32.1. The maximum absolute atomic E-state index is 12.5. The van der Waals surface area contributed by atoms with E-state index in [1.807, 2.05) is 55.5 Å². The van der Waals surface area contributed by atoms with Gasteiger partial charge < -0.3 is 14.6 Å². The summed E-state index contributed by atoms with van der Waals surface area (Å²) in [6, 6.07) is 15.6. The Morgan fingerprint density at radius 3 is 2.71 bits per heavy atom. The van der Waals surface area contributed by atoms with Gasteiger partial charge in [-0.05, 0) is 43.3 Å². The summed E-state index contributed by atoms with van der Waals surface area (Å²) < 4.78 is 7.28. The number of para-hydroxylation sites is 2. The van der Waals surface area contributed by atoms with Crippen LogP contribution in [0.1, 0.15) is 16.3 Å². The number of imidazole rings is 1. The largest absolute Gasteiger partial charge is 0.497 e. The molecule has 1 amide bonds. The second-order valence-corrected chi connectivity index (χ2v) is 7.18. The molecule has 0 saturated heterocycles. The van der Waals surface area contributed by atoms with E-state index in [0.29, 0.717) is 18.8 Å². The summed E-state index contributed by atoms with van der Waals surface area (Å²) in [5.41, 5.74) is 3.44. The minimum Gasteiger partial charge on any atom is -0.497 e. The monoisotopic (exact) mass is 392 g/mol. The van der Waals surface area contributed by atoms with Gasteiger partial charge in [-0.25, -0.2) is 9.97 Å². The third kappa shape index (κ3) is 3.61. The standard InChI is InChI=1S/C21H20N4O2S/c1-14-23-17-5-3-4-6-19(17)25(14)12-11-22-20(26)18-13-28-21(24-18)15-7-9-16(27-2)10-8-15/h3-10,13H,11-12H2,1-2H3,(H,22,26). The van der Waals surface area contributed by atoms with Crippen molar-refractivity contribution in [1.82, 2.24) is 19.9 Å². The Morgan fingerprint density at radius 1 is 1.14 bits per heavy atom. The summed E-state index contributed by atoms with van der Waals surface area (Å²) in [5.74, 6) is 1.56. The molecule has 0 fully saturated rings. The molecular formula is C21H20N4O2S. The van der Waals surface area contributed by atoms with Crippen LogP contribution in [0.25, 0.3) is 21.6 Å². The normalized spacial score (nSPS) is 10.9. The molecule has 0 aliphatic heterocycles. The van der Waals surface area contributed by atoms with Gasteiger partial charge in [-0.15, -0.1) is 11.3 Å². The van der Waals surface area contributed by atoms with E-state index in [1.165, 1.54) is 11.3 Å². The maximum atomic E-state index is 12.5. The fourth-order valence-electron chi connectivity index (χ4n) is 3.09. The molecule has 0 unspecified atom stereocenters. The smallest absolute Gasteiger partial charge is 0.270 e. The Labute approximate surface area is 166 Å². The van der Waals surface area contributed by atoms with E-state index in [9.17, 15) is 4.79 Å². The predicted molar refractivity (Wildman–Crippen MR) is 111 cm³/mol. The first-order valence-corrected chi connectivity index (χ1v) is 9.83. The zero-order chi connectivity index (χ0) is 19.5. The number of benzene rings is 2. The number of thiazole rings is 1. The maximum Gasteiger partial charge on any atom is 0.270 e. The Hall–Kier alpha value is -3.19. The van der Waals surface area contributed by atoms with Gasteiger partial charge in [0.15, 0.2) is 0 Å². The van der Waals surface area contributed by atoms with E-state index < -0.39 is 0 Å². The first-order valence-electron chi connectivity index (χ1n) is 8.96. The summed E-state index contributed by atoms with van der Waals surface area (Å²) in [6.07, 6.45) is 0. The van der Waals surface area contributed by atoms with Crippen molar-refractivity contribution < 1.29 is 9.53 Å². The van der Waals surface area contributed by atoms with E-state index in [4.69, 9.17) is 4.74 Å². The van der Waals surface area contributed by atoms with Crippen LogP contribution in [0.3, 0.4) is 0 Å². The highest BCUT2D eigenvalue weighted by Gasteiger charge is 2.12. The number of carbonyl (C=O) groups is 1. The van der Waals surface area contributed by atoms with Crippen LogP contribution >= 0.6 is 11.3 Å². The van der Waals surface area contributed by atoms with E-state index >= 15 is 0 Å². The fraction of sp³-hybridized carbons (Fsp3) is 0.190. The minimum absolute atomic E-state index is 0.168. The molecule has 1 N–H and O–H groups in total. The van der Waals surface area contributed by atoms with Crippen molar-refractivity contribution in [2.24, 2.45) is 0 Å². The summed E-state index contributed by atoms with van der Waals surface area (Å²) in [5, 5.41) is 5.54. The summed E-state index contributed by atoms with van der Waals surface area (Å²) >= 11 is 1.45. The second kappa shape index (κ2) is 7.82. The van der Waals surface area contributed by atoms with E-state index in [1.54, 1.807) is 12.5 Å². The average Bonchev–Trinajstić information content (AvgIpc) is 3.33. The van der Waals surface area contributed by atoms with Gasteiger partial charge in [-0.1, -0.05) is 12.1 Å². The van der Waals surface area contributed by atoms with Gasteiger partial charge in [0.2, 0.25) is 0 Å². The number of carbonyl (C=O) groups excluding carboxylic acids is 1. The molecule has 2 aromatic carbocycles. The fourth-order valence-corrected chi connectivity index (χ4v) is 3.90. The molecule has 0 aliphatic carbocycles. The molecule has 0 aliphatic rings. The molecule has 4 aromatic rings. The molecule has 0 spiro atoms. The van der Waals surface area contributed by atoms with Gasteiger partial charge in [0.05, 0.1) is 18.1 Å². The number of rotatable bonds is 6. The van der Waals surface area contributed by atoms with Crippen molar-refractivity contribution in [3.63, 3.8) is 0 Å². The van der Waals surface area contributed by atoms with Crippen LogP contribution in [0.15, 0.2) is 53.9 Å². The Balaban J connectivity index is 1.40. The third-order valence-electron chi connectivity index (χ3n) is 4.54. The van der Waals surface area contributed by atoms with Gasteiger partial charge in [-0.3, -0.25) is 4.79 Å². The second-order valence-electron chi connectivity index (χ2n) is 6.32. The number of fused-ring (bicyclic) bond motifs is 1. The zero-order valence-electron chi connectivity index (χ0n) is 15.7. The molecule has 2 heterocycles.